The van der Waals surface area contributed by atoms with Gasteiger partial charge in [0.2, 0.25) is 11.4 Å². The Labute approximate surface area is 277 Å². The number of hydrogen-bond donors (Lipinski definition) is 1. The summed E-state index contributed by atoms with van der Waals surface area (Å²) < 4.78 is 5.13. The molecule has 3 aromatic rings. The molecule has 0 amide bonds. The van der Waals surface area contributed by atoms with Crippen LogP contribution in [-0.4, -0.2) is 53.0 Å². The van der Waals surface area contributed by atoms with Gasteiger partial charge in [0.1, 0.15) is 5.92 Å². The fraction of sp³-hybridized carbons (Fsp3) is 0.343. The van der Waals surface area contributed by atoms with E-state index in [2.05, 4.69) is 30.4 Å². The van der Waals surface area contributed by atoms with Crippen molar-refractivity contribution < 1.29 is 34.2 Å². The Morgan fingerprint density at radius 3 is 2.38 bits per heavy atom. The summed E-state index contributed by atoms with van der Waals surface area (Å²) in [5.74, 6) is -3.59. The number of allylic oxidation sites excluding steroid dienone is 2. The maximum Gasteiger partial charge on any atom is 2.00 e. The van der Waals surface area contributed by atoms with Crippen LogP contribution in [0.15, 0.2) is 24.8 Å². The summed E-state index contributed by atoms with van der Waals surface area (Å²) >= 11 is 0. The number of carbonyl (C=O) groups excluding carboxylic acids is 2. The summed E-state index contributed by atoms with van der Waals surface area (Å²) in [6.07, 6.45) is 2.84. The SMILES string of the molecule is C=Cc1c(C)c2cc3[nH+]c(c4c5[n-]c(cc6[nH+]c(cc1[n-]2)C(C)=C6CC)c(C)c5C(=O)C4C(=O)OC)C(CCC(=O)O)C3C.[Mg+2]. The molecule has 3 aromatic heterocycles. The Hall–Kier alpha value is -4.02. The second kappa shape index (κ2) is 12.1. The van der Waals surface area contributed by atoms with Gasteiger partial charge < -0.3 is 19.8 Å². The first-order valence-corrected chi connectivity index (χ1v) is 14.9. The predicted molar refractivity (Wildman–Crippen MR) is 172 cm³/mol. The maximum atomic E-state index is 14.0. The number of nitrogens with one attached hydrogen (secondary N) is 2. The quantitative estimate of drug-likeness (QED) is 0.238. The van der Waals surface area contributed by atoms with Gasteiger partial charge in [0, 0.05) is 28.7 Å². The van der Waals surface area contributed by atoms with Gasteiger partial charge in [-0.2, -0.15) is 0 Å². The third-order valence-corrected chi connectivity index (χ3v) is 9.59. The van der Waals surface area contributed by atoms with Crippen molar-refractivity contribution in [1.29, 1.82) is 0 Å². The molecule has 226 valence electrons. The number of aryl methyl sites for hydroxylation is 2. The van der Waals surface area contributed by atoms with E-state index < -0.39 is 17.9 Å². The van der Waals surface area contributed by atoms with Gasteiger partial charge in [-0.25, -0.2) is 9.97 Å². The predicted octanol–water partition coefficient (Wildman–Crippen LogP) is 4.84. The molecule has 0 aromatic carbocycles. The molecule has 45 heavy (non-hydrogen) atoms. The average Bonchev–Trinajstić information content (AvgIpc) is 3.72. The topological polar surface area (TPSA) is 137 Å². The number of esters is 1. The van der Waals surface area contributed by atoms with Gasteiger partial charge in [0.25, 0.3) is 0 Å². The number of Topliss-reactive ketones (excluding diaryl/α,β-unsaturated/α-hetero) is 1. The third kappa shape index (κ3) is 5.04. The number of ether oxygens (including phenoxy) is 1. The third-order valence-electron chi connectivity index (χ3n) is 9.59. The number of methoxy groups -OCH3 is 1. The molecule has 2 aliphatic heterocycles. The van der Waals surface area contributed by atoms with E-state index in [1.165, 1.54) is 7.11 Å². The van der Waals surface area contributed by atoms with Crippen molar-refractivity contribution in [2.75, 3.05) is 7.11 Å². The molecule has 10 heteroatoms. The maximum absolute atomic E-state index is 14.0. The van der Waals surface area contributed by atoms with Gasteiger partial charge in [-0.1, -0.05) is 37.6 Å². The van der Waals surface area contributed by atoms with Crippen molar-refractivity contribution in [2.45, 2.75) is 71.6 Å². The van der Waals surface area contributed by atoms with Crippen molar-refractivity contribution in [3.63, 3.8) is 0 Å². The van der Waals surface area contributed by atoms with Crippen molar-refractivity contribution in [1.82, 2.24) is 9.97 Å². The number of carbonyl (C=O) groups is 3. The van der Waals surface area contributed by atoms with Crippen LogP contribution < -0.4 is 19.9 Å². The number of H-pyrrole nitrogens is 2. The zero-order valence-electron chi connectivity index (χ0n) is 26.6. The number of rotatable bonds is 6. The van der Waals surface area contributed by atoms with E-state index in [1.54, 1.807) is 0 Å². The first-order valence-electron chi connectivity index (χ1n) is 14.9. The first-order chi connectivity index (χ1) is 21.0. The van der Waals surface area contributed by atoms with Crippen molar-refractivity contribution in [3.05, 3.63) is 75.4 Å². The minimum Gasteiger partial charge on any atom is -0.657 e. The Kier molecular flexibility index (Phi) is 8.67. The summed E-state index contributed by atoms with van der Waals surface area (Å²) in [5.41, 5.74) is 11.6. The number of fused-ring (bicyclic) bond motifs is 8. The Morgan fingerprint density at radius 2 is 1.73 bits per heavy atom. The number of ketones is 1. The van der Waals surface area contributed by atoms with Crippen LogP contribution in [0, 0.1) is 13.8 Å². The summed E-state index contributed by atoms with van der Waals surface area (Å²) in [5, 5.41) is 9.60. The largest absolute Gasteiger partial charge is 2.00 e. The molecule has 3 unspecified atom stereocenters. The van der Waals surface area contributed by atoms with Crippen LogP contribution in [0.3, 0.4) is 0 Å². The van der Waals surface area contributed by atoms with Gasteiger partial charge in [-0.3, -0.25) is 14.4 Å². The number of aliphatic carboxylic acids is 1. The molecule has 9 nitrogen and oxygen atoms in total. The molecular weight excluding hydrogens is 581 g/mol. The van der Waals surface area contributed by atoms with E-state index in [9.17, 15) is 19.5 Å². The van der Waals surface area contributed by atoms with Crippen molar-refractivity contribution in [3.8, 4) is 0 Å². The molecule has 1 aliphatic carbocycles. The molecule has 3 atom stereocenters. The first kappa shape index (κ1) is 32.4. The van der Waals surface area contributed by atoms with Crippen LogP contribution in [0.25, 0.3) is 39.3 Å². The fourth-order valence-electron chi connectivity index (χ4n) is 7.11. The second-order valence-electron chi connectivity index (χ2n) is 11.9. The van der Waals surface area contributed by atoms with E-state index in [1.807, 2.05) is 45.0 Å². The number of carboxylic acids is 1. The molecule has 3 N–H and O–H groups in total. The van der Waals surface area contributed by atoms with Gasteiger partial charge in [-0.15, -0.1) is 22.1 Å². The second-order valence-corrected chi connectivity index (χ2v) is 11.9. The van der Waals surface area contributed by atoms with Gasteiger partial charge >= 0.3 is 35.0 Å². The van der Waals surface area contributed by atoms with E-state index in [0.29, 0.717) is 39.8 Å². The number of hydrogen-bond acceptors (Lipinski definition) is 4. The zero-order valence-corrected chi connectivity index (χ0v) is 28.0. The molecule has 5 heterocycles. The molecule has 6 rings (SSSR count). The van der Waals surface area contributed by atoms with E-state index >= 15 is 0 Å². The molecule has 8 bridgehead atoms. The number of aromatic amines is 2. The van der Waals surface area contributed by atoms with Crippen LogP contribution in [0.5, 0.6) is 0 Å². The molecular formula is C35H36MgN4O5+2. The Morgan fingerprint density at radius 1 is 1.04 bits per heavy atom. The Balaban J connectivity index is 0.00000400. The van der Waals surface area contributed by atoms with Crippen LogP contribution in [0.1, 0.15) is 113 Å². The molecule has 0 radical (unpaired) electrons. The minimum absolute atomic E-state index is 0. The molecule has 0 saturated heterocycles. The van der Waals surface area contributed by atoms with Crippen molar-refractivity contribution >= 4 is 80.1 Å². The summed E-state index contributed by atoms with van der Waals surface area (Å²) in [7, 11) is 1.27. The summed E-state index contributed by atoms with van der Waals surface area (Å²) in [4.78, 5) is 56.0. The Bertz CT molecular complexity index is 2000. The molecule has 0 fully saturated rings. The van der Waals surface area contributed by atoms with Crippen molar-refractivity contribution in [2.24, 2.45) is 0 Å². The average molecular weight is 617 g/mol. The van der Waals surface area contributed by atoms with Crippen LogP contribution in [0.4, 0.5) is 0 Å². The number of carboxylic acid groups (broad SMARTS) is 1. The minimum atomic E-state index is -1.19. The van der Waals surface area contributed by atoms with Gasteiger partial charge in [0.05, 0.1) is 18.9 Å². The zero-order chi connectivity index (χ0) is 31.6. The summed E-state index contributed by atoms with van der Waals surface area (Å²) in [6.45, 7) is 14.1. The fourth-order valence-corrected chi connectivity index (χ4v) is 7.11. The van der Waals surface area contributed by atoms with Gasteiger partial charge in [-0.05, 0) is 57.4 Å². The van der Waals surface area contributed by atoms with Crippen LogP contribution in [-0.2, 0) is 14.3 Å². The smallest absolute Gasteiger partial charge is 0.657 e. The monoisotopic (exact) mass is 616 g/mol. The van der Waals surface area contributed by atoms with Crippen LogP contribution in [0.2, 0.25) is 0 Å². The standard InChI is InChI=1S/C35H36N4O5.Mg/c1-8-19-15(3)22-12-24-17(5)21(10-11-28(40)41)32(38-24)30-31(35(43)44-7)34(42)29-18(6)25(39-33(29)30)14-27-20(9-2)16(4)23(37-27)13-26(19)36-22;/h8,12-14,17,21,31H,1,9-11H2,2-7H3,(H3,36,37,38,39,40,41,42);/q;+2. The van der Waals surface area contributed by atoms with E-state index in [0.717, 1.165) is 56.8 Å². The van der Waals surface area contributed by atoms with Gasteiger partial charge in [0.15, 0.2) is 17.2 Å². The summed E-state index contributed by atoms with van der Waals surface area (Å²) in [6, 6.07) is 5.99. The van der Waals surface area contributed by atoms with E-state index in [-0.39, 0.29) is 47.1 Å². The van der Waals surface area contributed by atoms with E-state index in [4.69, 9.17) is 14.7 Å². The number of aromatic nitrogens is 4. The number of nitrogens with zero attached hydrogens (tertiary/aromatic N) is 2. The van der Waals surface area contributed by atoms with Crippen LogP contribution >= 0.6 is 0 Å². The normalized spacial score (nSPS) is 18.6. The molecule has 0 spiro atoms. The molecule has 3 aliphatic rings. The molecule has 0 saturated carbocycles.